The van der Waals surface area contributed by atoms with Crippen LogP contribution in [0.3, 0.4) is 0 Å². The molecule has 0 saturated carbocycles. The first kappa shape index (κ1) is 9.94. The molecule has 2 N–H and O–H groups in total. The summed E-state index contributed by atoms with van der Waals surface area (Å²) in [5, 5.41) is 15.4. The van der Waals surface area contributed by atoms with Crippen molar-refractivity contribution in [3.05, 3.63) is 23.9 Å². The Morgan fingerprint density at radius 2 is 2.60 bits per heavy atom. The summed E-state index contributed by atoms with van der Waals surface area (Å²) < 4.78 is 0. The molecule has 2 rings (SSSR count). The fraction of sp³-hybridized carbons (Fsp3) is 0.455. The summed E-state index contributed by atoms with van der Waals surface area (Å²) in [5.41, 5.74) is 0.645. The first-order valence-corrected chi connectivity index (χ1v) is 5.22. The minimum absolute atomic E-state index is 0.539. The van der Waals surface area contributed by atoms with Crippen molar-refractivity contribution in [2.75, 3.05) is 18.4 Å². The molecule has 1 saturated heterocycles. The Morgan fingerprint density at radius 1 is 1.67 bits per heavy atom. The fourth-order valence-electron chi connectivity index (χ4n) is 1.76. The molecule has 0 bridgehead atoms. The van der Waals surface area contributed by atoms with Gasteiger partial charge in [0.05, 0.1) is 11.6 Å². The van der Waals surface area contributed by atoms with Gasteiger partial charge in [0.2, 0.25) is 0 Å². The first-order chi connectivity index (χ1) is 7.38. The van der Waals surface area contributed by atoms with Crippen molar-refractivity contribution < 1.29 is 0 Å². The lowest BCUT2D eigenvalue weighted by Gasteiger charge is -2.11. The largest absolute Gasteiger partial charge is 0.368 e. The van der Waals surface area contributed by atoms with E-state index in [0.29, 0.717) is 11.6 Å². The molecule has 1 aromatic heterocycles. The number of aromatic nitrogens is 1. The first-order valence-electron chi connectivity index (χ1n) is 5.22. The third kappa shape index (κ3) is 2.67. The molecule has 0 spiro atoms. The molecular formula is C11H14N4. The summed E-state index contributed by atoms with van der Waals surface area (Å²) in [6, 6.07) is 6.12. The molecule has 2 heterocycles. The minimum Gasteiger partial charge on any atom is -0.368 e. The Kier molecular flexibility index (Phi) is 3.15. The van der Waals surface area contributed by atoms with Crippen molar-refractivity contribution in [3.63, 3.8) is 0 Å². The Bertz CT molecular complexity index is 363. The van der Waals surface area contributed by atoms with Gasteiger partial charge in [-0.1, -0.05) is 0 Å². The van der Waals surface area contributed by atoms with E-state index in [-0.39, 0.29) is 0 Å². The zero-order valence-electron chi connectivity index (χ0n) is 8.53. The summed E-state index contributed by atoms with van der Waals surface area (Å²) in [6.07, 6.45) is 4.12. The van der Waals surface area contributed by atoms with Gasteiger partial charge in [0.15, 0.2) is 0 Å². The van der Waals surface area contributed by atoms with Gasteiger partial charge >= 0.3 is 0 Å². The summed E-state index contributed by atoms with van der Waals surface area (Å²) in [4.78, 5) is 4.16. The Labute approximate surface area is 89.3 Å². The number of hydrogen-bond donors (Lipinski definition) is 2. The van der Waals surface area contributed by atoms with Crippen molar-refractivity contribution in [1.82, 2.24) is 10.3 Å². The predicted molar refractivity (Wildman–Crippen MR) is 58.5 cm³/mol. The van der Waals surface area contributed by atoms with Crippen LogP contribution in [-0.4, -0.2) is 24.1 Å². The third-order valence-electron chi connectivity index (χ3n) is 2.58. The summed E-state index contributed by atoms with van der Waals surface area (Å²) in [6.45, 7) is 1.99. The van der Waals surface area contributed by atoms with Crippen LogP contribution in [0.5, 0.6) is 0 Å². The zero-order valence-corrected chi connectivity index (χ0v) is 8.53. The van der Waals surface area contributed by atoms with Gasteiger partial charge in [-0.25, -0.2) is 4.98 Å². The van der Waals surface area contributed by atoms with E-state index >= 15 is 0 Å². The van der Waals surface area contributed by atoms with Gasteiger partial charge in [0.1, 0.15) is 5.82 Å². The van der Waals surface area contributed by atoms with Gasteiger partial charge in [-0.05, 0) is 31.5 Å². The van der Waals surface area contributed by atoms with Crippen LogP contribution in [-0.2, 0) is 0 Å². The van der Waals surface area contributed by atoms with Gasteiger partial charge in [-0.3, -0.25) is 0 Å². The van der Waals surface area contributed by atoms with E-state index in [1.165, 1.54) is 12.8 Å². The van der Waals surface area contributed by atoms with Gasteiger partial charge < -0.3 is 10.6 Å². The molecule has 1 aliphatic rings. The van der Waals surface area contributed by atoms with Crippen LogP contribution in [0.4, 0.5) is 5.82 Å². The lowest BCUT2D eigenvalue weighted by molar-refractivity contribution is 0.632. The van der Waals surface area contributed by atoms with Gasteiger partial charge in [-0.15, -0.1) is 0 Å². The quantitative estimate of drug-likeness (QED) is 0.771. The molecule has 78 valence electrons. The predicted octanol–water partition coefficient (Wildman–Crippen LogP) is 1.12. The topological polar surface area (TPSA) is 60.7 Å². The van der Waals surface area contributed by atoms with Gasteiger partial charge in [-0.2, -0.15) is 5.26 Å². The van der Waals surface area contributed by atoms with E-state index in [1.807, 2.05) is 0 Å². The Hall–Kier alpha value is -1.60. The average molecular weight is 202 g/mol. The lowest BCUT2D eigenvalue weighted by Crippen LogP contribution is -2.29. The van der Waals surface area contributed by atoms with E-state index in [4.69, 9.17) is 5.26 Å². The number of nitriles is 1. The van der Waals surface area contributed by atoms with Crippen LogP contribution in [0.2, 0.25) is 0 Å². The molecule has 1 aromatic rings. The van der Waals surface area contributed by atoms with Crippen LogP contribution in [0.25, 0.3) is 0 Å². The van der Waals surface area contributed by atoms with Crippen LogP contribution >= 0.6 is 0 Å². The second kappa shape index (κ2) is 4.76. The smallest absolute Gasteiger partial charge is 0.127 e. The standard InChI is InChI=1S/C11H14N4/c12-7-9-3-5-14-11(6-9)15-8-10-2-1-4-13-10/h3,5-6,10,13H,1-2,4,8H2,(H,14,15). The normalized spacial score (nSPS) is 19.8. The average Bonchev–Trinajstić information content (AvgIpc) is 2.79. The van der Waals surface area contributed by atoms with Crippen LogP contribution < -0.4 is 10.6 Å². The van der Waals surface area contributed by atoms with E-state index in [2.05, 4.69) is 21.7 Å². The summed E-state index contributed by atoms with van der Waals surface area (Å²) in [7, 11) is 0. The molecule has 1 unspecified atom stereocenters. The highest BCUT2D eigenvalue weighted by molar-refractivity contribution is 5.42. The summed E-state index contributed by atoms with van der Waals surface area (Å²) >= 11 is 0. The maximum absolute atomic E-state index is 8.72. The van der Waals surface area contributed by atoms with E-state index in [9.17, 15) is 0 Å². The number of hydrogen-bond acceptors (Lipinski definition) is 4. The van der Waals surface area contributed by atoms with Crippen molar-refractivity contribution in [1.29, 1.82) is 5.26 Å². The van der Waals surface area contributed by atoms with Crippen molar-refractivity contribution in [2.24, 2.45) is 0 Å². The number of nitrogens with zero attached hydrogens (tertiary/aromatic N) is 2. The third-order valence-corrected chi connectivity index (χ3v) is 2.58. The Balaban J connectivity index is 1.90. The number of rotatable bonds is 3. The number of anilines is 1. The number of nitrogens with one attached hydrogen (secondary N) is 2. The molecular weight excluding hydrogens is 188 g/mol. The molecule has 4 nitrogen and oxygen atoms in total. The molecule has 0 amide bonds. The van der Waals surface area contributed by atoms with Crippen molar-refractivity contribution in [3.8, 4) is 6.07 Å². The molecule has 1 fully saturated rings. The highest BCUT2D eigenvalue weighted by Crippen LogP contribution is 2.08. The van der Waals surface area contributed by atoms with E-state index < -0.39 is 0 Å². The SMILES string of the molecule is N#Cc1ccnc(NCC2CCCN2)c1. The van der Waals surface area contributed by atoms with Crippen molar-refractivity contribution >= 4 is 5.82 Å². The zero-order chi connectivity index (χ0) is 10.5. The molecule has 1 atom stereocenters. The highest BCUT2D eigenvalue weighted by Gasteiger charge is 2.13. The Morgan fingerprint density at radius 3 is 3.33 bits per heavy atom. The second-order valence-electron chi connectivity index (χ2n) is 3.72. The van der Waals surface area contributed by atoms with Gasteiger partial charge in [0, 0.05) is 18.8 Å². The maximum Gasteiger partial charge on any atom is 0.127 e. The molecule has 0 aliphatic carbocycles. The monoisotopic (exact) mass is 202 g/mol. The van der Waals surface area contributed by atoms with E-state index in [1.54, 1.807) is 18.3 Å². The second-order valence-corrected chi connectivity index (χ2v) is 3.72. The van der Waals surface area contributed by atoms with Crippen LogP contribution in [0, 0.1) is 11.3 Å². The summed E-state index contributed by atoms with van der Waals surface area (Å²) in [5.74, 6) is 0.780. The number of pyridine rings is 1. The van der Waals surface area contributed by atoms with Crippen LogP contribution in [0.15, 0.2) is 18.3 Å². The molecule has 0 aromatic carbocycles. The minimum atomic E-state index is 0.539. The molecule has 0 radical (unpaired) electrons. The highest BCUT2D eigenvalue weighted by atomic mass is 15.0. The van der Waals surface area contributed by atoms with Gasteiger partial charge in [0.25, 0.3) is 0 Å². The van der Waals surface area contributed by atoms with E-state index in [0.717, 1.165) is 18.9 Å². The molecule has 15 heavy (non-hydrogen) atoms. The fourth-order valence-corrected chi connectivity index (χ4v) is 1.76. The van der Waals surface area contributed by atoms with Crippen LogP contribution in [0.1, 0.15) is 18.4 Å². The lowest BCUT2D eigenvalue weighted by atomic mass is 10.2. The van der Waals surface area contributed by atoms with Crippen molar-refractivity contribution in [2.45, 2.75) is 18.9 Å². The molecule has 1 aliphatic heterocycles. The maximum atomic E-state index is 8.72. The molecule has 4 heteroatoms.